The number of aromatic nitrogens is 1. The highest BCUT2D eigenvalue weighted by Gasteiger charge is 2.46. The van der Waals surface area contributed by atoms with Crippen LogP contribution >= 0.6 is 0 Å². The van der Waals surface area contributed by atoms with Crippen LogP contribution in [0.5, 0.6) is 0 Å². The maximum atomic E-state index is 14.8. The van der Waals surface area contributed by atoms with Crippen molar-refractivity contribution in [3.8, 4) is 0 Å². The Bertz CT molecular complexity index is 1100. The lowest BCUT2D eigenvalue weighted by molar-refractivity contribution is -0.143. The Kier molecular flexibility index (Phi) is 5.92. The summed E-state index contributed by atoms with van der Waals surface area (Å²) in [6.07, 6.45) is 5.85. The molecule has 1 atom stereocenters. The SMILES string of the molecule is O=C(N1CCCC(Cc2cccc3cccnc23)C1)C1(c2ccccc2F)CCOCC1. The summed E-state index contributed by atoms with van der Waals surface area (Å²) >= 11 is 0. The molecular formula is C27H29FN2O2. The van der Waals surface area contributed by atoms with Crippen LogP contribution in [0.1, 0.15) is 36.8 Å². The molecule has 3 heterocycles. The van der Waals surface area contributed by atoms with E-state index in [4.69, 9.17) is 4.74 Å². The predicted octanol–water partition coefficient (Wildman–Crippen LogP) is 4.90. The number of likely N-dealkylation sites (tertiary alicyclic amines) is 1. The second kappa shape index (κ2) is 8.99. The van der Waals surface area contributed by atoms with Crippen molar-refractivity contribution in [2.75, 3.05) is 26.3 Å². The van der Waals surface area contributed by atoms with Crippen molar-refractivity contribution >= 4 is 16.8 Å². The summed E-state index contributed by atoms with van der Waals surface area (Å²) in [5, 5.41) is 1.15. The molecule has 1 unspecified atom stereocenters. The first-order valence-electron chi connectivity index (χ1n) is 11.6. The number of amides is 1. The summed E-state index contributed by atoms with van der Waals surface area (Å²) < 4.78 is 20.4. The second-order valence-electron chi connectivity index (χ2n) is 9.13. The van der Waals surface area contributed by atoms with Gasteiger partial charge in [-0.05, 0) is 55.7 Å². The zero-order chi connectivity index (χ0) is 22.0. The topological polar surface area (TPSA) is 42.4 Å². The van der Waals surface area contributed by atoms with E-state index in [2.05, 4.69) is 29.2 Å². The fourth-order valence-corrected chi connectivity index (χ4v) is 5.53. The standard InChI is InChI=1S/C27H29FN2O2/c28-24-11-2-1-10-23(24)27(12-16-32-17-13-27)26(31)30-15-5-6-20(19-30)18-22-8-3-7-21-9-4-14-29-25(21)22/h1-4,7-11,14,20H,5-6,12-13,15-19H2. The third-order valence-electron chi connectivity index (χ3n) is 7.18. The van der Waals surface area contributed by atoms with E-state index >= 15 is 0 Å². The van der Waals surface area contributed by atoms with Crippen LogP contribution in [0.3, 0.4) is 0 Å². The molecule has 2 aromatic carbocycles. The molecule has 0 N–H and O–H groups in total. The molecule has 5 rings (SSSR count). The molecule has 32 heavy (non-hydrogen) atoms. The van der Waals surface area contributed by atoms with E-state index in [0.29, 0.717) is 44.1 Å². The van der Waals surface area contributed by atoms with Crippen LogP contribution in [0.2, 0.25) is 0 Å². The number of para-hydroxylation sites is 1. The molecule has 2 fully saturated rings. The summed E-state index contributed by atoms with van der Waals surface area (Å²) in [7, 11) is 0. The zero-order valence-corrected chi connectivity index (χ0v) is 18.3. The van der Waals surface area contributed by atoms with Crippen molar-refractivity contribution in [3.63, 3.8) is 0 Å². The smallest absolute Gasteiger partial charge is 0.233 e. The van der Waals surface area contributed by atoms with E-state index in [1.807, 2.05) is 23.2 Å². The average Bonchev–Trinajstić information content (AvgIpc) is 2.85. The van der Waals surface area contributed by atoms with Gasteiger partial charge in [0.15, 0.2) is 0 Å². The van der Waals surface area contributed by atoms with Crippen LogP contribution < -0.4 is 0 Å². The summed E-state index contributed by atoms with van der Waals surface area (Å²) in [5.41, 5.74) is 1.98. The molecule has 0 bridgehead atoms. The van der Waals surface area contributed by atoms with Crippen LogP contribution in [0.4, 0.5) is 4.39 Å². The van der Waals surface area contributed by atoms with E-state index in [1.54, 1.807) is 12.1 Å². The molecule has 0 spiro atoms. The first kappa shape index (κ1) is 21.1. The van der Waals surface area contributed by atoms with E-state index in [1.165, 1.54) is 11.6 Å². The van der Waals surface area contributed by atoms with Gasteiger partial charge < -0.3 is 9.64 Å². The Morgan fingerprint density at radius 3 is 2.75 bits per heavy atom. The highest BCUT2D eigenvalue weighted by atomic mass is 19.1. The van der Waals surface area contributed by atoms with Gasteiger partial charge in [0.1, 0.15) is 5.82 Å². The molecule has 3 aromatic rings. The number of fused-ring (bicyclic) bond motifs is 1. The number of nitrogens with zero attached hydrogens (tertiary/aromatic N) is 2. The fraction of sp³-hybridized carbons (Fsp3) is 0.407. The lowest BCUT2D eigenvalue weighted by Crippen LogP contribution is -2.53. The van der Waals surface area contributed by atoms with Gasteiger partial charge in [-0.3, -0.25) is 9.78 Å². The molecule has 2 aliphatic heterocycles. The van der Waals surface area contributed by atoms with Gasteiger partial charge in [-0.2, -0.15) is 0 Å². The molecular weight excluding hydrogens is 403 g/mol. The lowest BCUT2D eigenvalue weighted by Gasteiger charge is -2.43. The van der Waals surface area contributed by atoms with Gasteiger partial charge in [0.2, 0.25) is 5.91 Å². The van der Waals surface area contributed by atoms with Crippen LogP contribution in [-0.4, -0.2) is 42.1 Å². The third kappa shape index (κ3) is 3.90. The Labute approximate surface area is 188 Å². The predicted molar refractivity (Wildman–Crippen MR) is 123 cm³/mol. The maximum Gasteiger partial charge on any atom is 0.233 e. The van der Waals surface area contributed by atoms with Crippen molar-refractivity contribution in [3.05, 3.63) is 77.7 Å². The lowest BCUT2D eigenvalue weighted by atomic mass is 9.72. The van der Waals surface area contributed by atoms with Crippen molar-refractivity contribution in [1.82, 2.24) is 9.88 Å². The monoisotopic (exact) mass is 432 g/mol. The first-order valence-corrected chi connectivity index (χ1v) is 11.6. The summed E-state index contributed by atoms with van der Waals surface area (Å²) in [6, 6.07) is 17.1. The zero-order valence-electron chi connectivity index (χ0n) is 18.3. The number of pyridine rings is 1. The van der Waals surface area contributed by atoms with Gasteiger partial charge in [-0.25, -0.2) is 4.39 Å². The molecule has 166 valence electrons. The van der Waals surface area contributed by atoms with Crippen LogP contribution in [-0.2, 0) is 21.4 Å². The molecule has 0 saturated carbocycles. The number of ether oxygens (including phenoxy) is 1. The Morgan fingerprint density at radius 1 is 1.09 bits per heavy atom. The van der Waals surface area contributed by atoms with E-state index in [-0.39, 0.29) is 11.7 Å². The number of carbonyl (C=O) groups excluding carboxylic acids is 1. The van der Waals surface area contributed by atoms with E-state index in [9.17, 15) is 9.18 Å². The van der Waals surface area contributed by atoms with E-state index in [0.717, 1.165) is 36.7 Å². The summed E-state index contributed by atoms with van der Waals surface area (Å²) in [4.78, 5) is 20.5. The minimum Gasteiger partial charge on any atom is -0.381 e. The Hall–Kier alpha value is -2.79. The van der Waals surface area contributed by atoms with Gasteiger partial charge in [0, 0.05) is 43.4 Å². The van der Waals surface area contributed by atoms with Crippen LogP contribution in [0.25, 0.3) is 10.9 Å². The van der Waals surface area contributed by atoms with Gasteiger partial charge in [-0.15, -0.1) is 0 Å². The number of benzene rings is 2. The molecule has 0 aliphatic carbocycles. The number of rotatable bonds is 4. The molecule has 4 nitrogen and oxygen atoms in total. The normalized spacial score (nSPS) is 20.9. The summed E-state index contributed by atoms with van der Waals surface area (Å²) in [6.45, 7) is 2.41. The fourth-order valence-electron chi connectivity index (χ4n) is 5.53. The number of halogens is 1. The first-order chi connectivity index (χ1) is 15.7. The quantitative estimate of drug-likeness (QED) is 0.589. The summed E-state index contributed by atoms with van der Waals surface area (Å²) in [5.74, 6) is 0.141. The molecule has 1 aromatic heterocycles. The van der Waals surface area contributed by atoms with Crippen molar-refractivity contribution < 1.29 is 13.9 Å². The van der Waals surface area contributed by atoms with Gasteiger partial charge in [0.05, 0.1) is 10.9 Å². The largest absolute Gasteiger partial charge is 0.381 e. The Morgan fingerprint density at radius 2 is 1.91 bits per heavy atom. The Balaban J connectivity index is 1.39. The second-order valence-corrected chi connectivity index (χ2v) is 9.13. The number of hydrogen-bond donors (Lipinski definition) is 0. The third-order valence-corrected chi connectivity index (χ3v) is 7.18. The molecule has 5 heteroatoms. The highest BCUT2D eigenvalue weighted by molar-refractivity contribution is 5.88. The van der Waals surface area contributed by atoms with Crippen molar-refractivity contribution in [1.29, 1.82) is 0 Å². The minimum absolute atomic E-state index is 0.0617. The van der Waals surface area contributed by atoms with Gasteiger partial charge in [0.25, 0.3) is 0 Å². The minimum atomic E-state index is -0.827. The van der Waals surface area contributed by atoms with Crippen molar-refractivity contribution in [2.45, 2.75) is 37.5 Å². The average molecular weight is 433 g/mol. The molecule has 1 amide bonds. The maximum absolute atomic E-state index is 14.8. The number of hydrogen-bond acceptors (Lipinski definition) is 3. The number of piperidine rings is 1. The molecule has 0 radical (unpaired) electrons. The van der Waals surface area contributed by atoms with Gasteiger partial charge >= 0.3 is 0 Å². The van der Waals surface area contributed by atoms with Crippen molar-refractivity contribution in [2.24, 2.45) is 5.92 Å². The van der Waals surface area contributed by atoms with Gasteiger partial charge in [-0.1, -0.05) is 42.5 Å². The molecule has 2 aliphatic rings. The van der Waals surface area contributed by atoms with E-state index < -0.39 is 5.41 Å². The number of carbonyl (C=O) groups is 1. The van der Waals surface area contributed by atoms with Crippen LogP contribution in [0, 0.1) is 11.7 Å². The molecule has 2 saturated heterocycles. The highest BCUT2D eigenvalue weighted by Crippen LogP contribution is 2.39. The van der Waals surface area contributed by atoms with Crippen LogP contribution in [0.15, 0.2) is 60.8 Å².